The number of nitrogens with one attached hydrogen (secondary N) is 1. The van der Waals surface area contributed by atoms with Crippen LogP contribution in [0.15, 0.2) is 47.8 Å². The second-order valence-corrected chi connectivity index (χ2v) is 4.58. The number of ether oxygens (including phenoxy) is 1. The molecule has 2 unspecified atom stereocenters. The van der Waals surface area contributed by atoms with Crippen molar-refractivity contribution in [3.63, 3.8) is 0 Å². The Balaban J connectivity index is 2.00. The molecule has 84 valence electrons. The zero-order valence-electron chi connectivity index (χ0n) is 9.36. The lowest BCUT2D eigenvalue weighted by atomic mass is 9.86. The van der Waals surface area contributed by atoms with Crippen LogP contribution < -0.4 is 5.32 Å². The topological polar surface area (TPSA) is 21.3 Å². The van der Waals surface area contributed by atoms with Crippen LogP contribution >= 0.6 is 0 Å². The maximum Gasteiger partial charge on any atom is 0.122 e. The van der Waals surface area contributed by atoms with Gasteiger partial charge in [0, 0.05) is 12.5 Å². The van der Waals surface area contributed by atoms with E-state index in [4.69, 9.17) is 4.74 Å². The lowest BCUT2D eigenvalue weighted by Gasteiger charge is -2.16. The van der Waals surface area contributed by atoms with Crippen LogP contribution in [-0.4, -0.2) is 19.7 Å². The molecule has 0 aromatic heterocycles. The first-order chi connectivity index (χ1) is 7.95. The highest BCUT2D eigenvalue weighted by atomic mass is 16.5. The highest BCUT2D eigenvalue weighted by Gasteiger charge is 2.32. The van der Waals surface area contributed by atoms with Gasteiger partial charge in [0.2, 0.25) is 0 Å². The summed E-state index contributed by atoms with van der Waals surface area (Å²) < 4.78 is 5.86. The smallest absolute Gasteiger partial charge is 0.122 e. The van der Waals surface area contributed by atoms with Crippen LogP contribution in [0, 0.1) is 11.8 Å². The van der Waals surface area contributed by atoms with Gasteiger partial charge in [0.15, 0.2) is 0 Å². The van der Waals surface area contributed by atoms with Gasteiger partial charge in [-0.3, -0.25) is 0 Å². The first-order valence-corrected chi connectivity index (χ1v) is 6.04. The van der Waals surface area contributed by atoms with Crippen LogP contribution in [-0.2, 0) is 4.74 Å². The average Bonchev–Trinajstić information content (AvgIpc) is 2.64. The minimum atomic E-state index is 0.630. The van der Waals surface area contributed by atoms with Crippen molar-refractivity contribution in [2.45, 2.75) is 6.42 Å². The Hall–Kier alpha value is -1.28. The summed E-state index contributed by atoms with van der Waals surface area (Å²) in [6.45, 7) is 3.08. The number of allylic oxidation sites excluding steroid dienone is 6. The molecule has 3 rings (SSSR count). The minimum Gasteiger partial charge on any atom is -0.493 e. The Kier molecular flexibility index (Phi) is 2.66. The van der Waals surface area contributed by atoms with Gasteiger partial charge < -0.3 is 10.1 Å². The molecule has 0 saturated carbocycles. The summed E-state index contributed by atoms with van der Waals surface area (Å²) in [7, 11) is 0. The molecule has 0 amide bonds. The summed E-state index contributed by atoms with van der Waals surface area (Å²) in [4.78, 5) is 0. The van der Waals surface area contributed by atoms with Crippen molar-refractivity contribution in [2.24, 2.45) is 11.8 Å². The van der Waals surface area contributed by atoms with Crippen LogP contribution in [0.4, 0.5) is 0 Å². The lowest BCUT2D eigenvalue weighted by molar-refractivity contribution is 0.212. The second-order valence-electron chi connectivity index (χ2n) is 4.58. The molecule has 1 saturated heterocycles. The molecule has 0 aromatic carbocycles. The Labute approximate surface area is 96.4 Å². The molecule has 2 nitrogen and oxygen atoms in total. The Morgan fingerprint density at radius 2 is 1.94 bits per heavy atom. The molecule has 2 atom stereocenters. The molecular weight excluding hydrogens is 198 g/mol. The van der Waals surface area contributed by atoms with Crippen molar-refractivity contribution in [3.8, 4) is 0 Å². The van der Waals surface area contributed by atoms with E-state index in [2.05, 4.69) is 35.7 Å². The SMILES string of the molecule is C1=C\C=C/C2=C(\C=C/1)OCCC1CNCC21. The minimum absolute atomic E-state index is 0.630. The summed E-state index contributed by atoms with van der Waals surface area (Å²) >= 11 is 0. The molecule has 1 N–H and O–H groups in total. The van der Waals surface area contributed by atoms with Gasteiger partial charge in [0.05, 0.1) is 6.61 Å². The third kappa shape index (κ3) is 1.74. The van der Waals surface area contributed by atoms with Gasteiger partial charge in [0.25, 0.3) is 0 Å². The summed E-state index contributed by atoms with van der Waals surface area (Å²) in [5, 5.41) is 3.50. The van der Waals surface area contributed by atoms with Gasteiger partial charge in [-0.15, -0.1) is 0 Å². The van der Waals surface area contributed by atoms with Crippen molar-refractivity contribution in [2.75, 3.05) is 19.7 Å². The zero-order valence-corrected chi connectivity index (χ0v) is 9.36. The van der Waals surface area contributed by atoms with E-state index in [1.165, 1.54) is 12.0 Å². The zero-order chi connectivity index (χ0) is 10.8. The standard InChI is InChI=1S/C14H17NO/c1-2-4-6-14-12(5-3-1)13-10-15-9-11(13)7-8-16-14/h1-6,11,13,15H,7-10H2/b2-1-,3-1?,4-2?,5-3-,6-4-,12-5?,14-6?. The predicted molar refractivity (Wildman–Crippen MR) is 64.9 cm³/mol. The lowest BCUT2D eigenvalue weighted by Crippen LogP contribution is -2.13. The molecule has 2 heteroatoms. The number of rotatable bonds is 0. The van der Waals surface area contributed by atoms with Crippen LogP contribution in [0.1, 0.15) is 6.42 Å². The van der Waals surface area contributed by atoms with Gasteiger partial charge in [-0.2, -0.15) is 0 Å². The van der Waals surface area contributed by atoms with Crippen LogP contribution in [0.3, 0.4) is 0 Å². The van der Waals surface area contributed by atoms with E-state index in [1.54, 1.807) is 0 Å². The predicted octanol–water partition coefficient (Wildman–Crippen LogP) is 2.18. The molecule has 1 aliphatic carbocycles. The van der Waals surface area contributed by atoms with Gasteiger partial charge in [0.1, 0.15) is 5.76 Å². The molecule has 16 heavy (non-hydrogen) atoms. The first kappa shape index (κ1) is 9.91. The molecule has 0 spiro atoms. The number of hydrogen-bond acceptors (Lipinski definition) is 2. The Bertz CT molecular complexity index is 390. The summed E-state index contributed by atoms with van der Waals surface area (Å²) in [5.41, 5.74) is 1.37. The molecule has 0 aromatic rings. The first-order valence-electron chi connectivity index (χ1n) is 6.04. The van der Waals surface area contributed by atoms with Crippen molar-refractivity contribution >= 4 is 0 Å². The largest absolute Gasteiger partial charge is 0.493 e. The molecular formula is C14H17NO. The average molecular weight is 215 g/mol. The maximum atomic E-state index is 5.86. The highest BCUT2D eigenvalue weighted by Crippen LogP contribution is 2.34. The molecule has 3 aliphatic rings. The van der Waals surface area contributed by atoms with Crippen molar-refractivity contribution in [1.82, 2.24) is 5.32 Å². The van der Waals surface area contributed by atoms with Gasteiger partial charge >= 0.3 is 0 Å². The quantitative estimate of drug-likeness (QED) is 0.668. The van der Waals surface area contributed by atoms with E-state index in [-0.39, 0.29) is 0 Å². The number of fused-ring (bicyclic) bond motifs is 2. The molecule has 2 heterocycles. The van der Waals surface area contributed by atoms with Crippen LogP contribution in [0.25, 0.3) is 0 Å². The third-order valence-corrected chi connectivity index (χ3v) is 3.63. The van der Waals surface area contributed by atoms with Crippen molar-refractivity contribution in [1.29, 1.82) is 0 Å². The molecule has 1 fully saturated rings. The Morgan fingerprint density at radius 3 is 2.88 bits per heavy atom. The molecule has 0 bridgehead atoms. The summed E-state index contributed by atoms with van der Waals surface area (Å²) in [5.74, 6) is 2.44. The highest BCUT2D eigenvalue weighted by molar-refractivity contribution is 5.38. The van der Waals surface area contributed by atoms with E-state index in [1.807, 2.05) is 6.08 Å². The third-order valence-electron chi connectivity index (χ3n) is 3.63. The van der Waals surface area contributed by atoms with E-state index in [0.29, 0.717) is 5.92 Å². The molecule has 2 aliphatic heterocycles. The molecule has 0 radical (unpaired) electrons. The van der Waals surface area contributed by atoms with E-state index in [0.717, 1.165) is 31.4 Å². The fraction of sp³-hybridized carbons (Fsp3) is 0.429. The fourth-order valence-corrected chi connectivity index (χ4v) is 2.77. The summed E-state index contributed by atoms with van der Waals surface area (Å²) in [6.07, 6.45) is 13.8. The van der Waals surface area contributed by atoms with Crippen LogP contribution in [0.5, 0.6) is 0 Å². The van der Waals surface area contributed by atoms with Crippen molar-refractivity contribution in [3.05, 3.63) is 47.8 Å². The summed E-state index contributed by atoms with van der Waals surface area (Å²) in [6, 6.07) is 0. The van der Waals surface area contributed by atoms with Gasteiger partial charge in [-0.1, -0.05) is 30.4 Å². The van der Waals surface area contributed by atoms with Crippen molar-refractivity contribution < 1.29 is 4.74 Å². The normalized spacial score (nSPS) is 38.5. The monoisotopic (exact) mass is 215 g/mol. The fourth-order valence-electron chi connectivity index (χ4n) is 2.77. The Morgan fingerprint density at radius 1 is 1.06 bits per heavy atom. The van der Waals surface area contributed by atoms with E-state index < -0.39 is 0 Å². The van der Waals surface area contributed by atoms with Crippen LogP contribution in [0.2, 0.25) is 0 Å². The van der Waals surface area contributed by atoms with Gasteiger partial charge in [-0.05, 0) is 30.5 Å². The van der Waals surface area contributed by atoms with E-state index >= 15 is 0 Å². The van der Waals surface area contributed by atoms with Gasteiger partial charge in [-0.25, -0.2) is 0 Å². The maximum absolute atomic E-state index is 5.86. The van der Waals surface area contributed by atoms with E-state index in [9.17, 15) is 0 Å². The number of hydrogen-bond donors (Lipinski definition) is 1. The second kappa shape index (κ2) is 4.30.